The van der Waals surface area contributed by atoms with Crippen LogP contribution in [0.15, 0.2) is 30.3 Å². The van der Waals surface area contributed by atoms with Crippen molar-refractivity contribution in [1.82, 2.24) is 0 Å². The van der Waals surface area contributed by atoms with Crippen molar-refractivity contribution in [2.45, 2.75) is 18.1 Å². The molecule has 0 aliphatic heterocycles. The second-order valence-electron chi connectivity index (χ2n) is 2.87. The van der Waals surface area contributed by atoms with Crippen molar-refractivity contribution < 1.29 is 8.76 Å². The molecule has 1 rings (SSSR count). The molecule has 0 radical (unpaired) electrons. The van der Waals surface area contributed by atoms with Crippen molar-refractivity contribution >= 4 is 11.1 Å². The van der Waals surface area contributed by atoms with Gasteiger partial charge in [-0.25, -0.2) is 4.21 Å². The zero-order valence-electron chi connectivity index (χ0n) is 7.59. The lowest BCUT2D eigenvalue weighted by Gasteiger charge is -2.10. The maximum absolute atomic E-state index is 11.0. The summed E-state index contributed by atoms with van der Waals surface area (Å²) >= 11 is -1.91. The average molecular weight is 209 g/mol. The van der Waals surface area contributed by atoms with Crippen LogP contribution in [-0.2, 0) is 11.1 Å². The van der Waals surface area contributed by atoms with Crippen LogP contribution in [0.2, 0.25) is 0 Å². The lowest BCUT2D eigenvalue weighted by atomic mass is 10.1. The Morgan fingerprint density at radius 3 is 2.57 bits per heavy atom. The van der Waals surface area contributed by atoms with Gasteiger partial charge in [-0.05, 0) is 12.0 Å². The summed E-state index contributed by atoms with van der Waals surface area (Å²) in [4.78, 5) is 0. The minimum absolute atomic E-state index is 0.297. The van der Waals surface area contributed by atoms with Crippen molar-refractivity contribution in [2.75, 3.05) is 0 Å². The normalized spacial score (nSPS) is 14.3. The van der Waals surface area contributed by atoms with Crippen LogP contribution in [0.1, 0.15) is 23.7 Å². The molecule has 4 heteroatoms. The minimum Gasteiger partial charge on any atom is -0.306 e. The van der Waals surface area contributed by atoms with E-state index >= 15 is 0 Å². The lowest BCUT2D eigenvalue weighted by molar-refractivity contribution is 0.544. The third kappa shape index (κ3) is 2.95. The summed E-state index contributed by atoms with van der Waals surface area (Å²) in [6.45, 7) is 0. The van der Waals surface area contributed by atoms with E-state index in [1.54, 1.807) is 12.1 Å². The molecule has 74 valence electrons. The molecule has 0 spiro atoms. The highest BCUT2D eigenvalue weighted by atomic mass is 32.2. The Hall–Kier alpha value is -1.18. The Balaban J connectivity index is 2.79. The first-order chi connectivity index (χ1) is 6.75. The minimum atomic E-state index is -1.91. The second-order valence-corrected chi connectivity index (χ2v) is 3.99. The van der Waals surface area contributed by atoms with Gasteiger partial charge in [0, 0.05) is 6.42 Å². The number of rotatable bonds is 4. The van der Waals surface area contributed by atoms with Gasteiger partial charge in [0.05, 0.1) is 11.3 Å². The average Bonchev–Trinajstić information content (AvgIpc) is 2.19. The van der Waals surface area contributed by atoms with Crippen LogP contribution in [0.3, 0.4) is 0 Å². The Morgan fingerprint density at radius 1 is 1.43 bits per heavy atom. The summed E-state index contributed by atoms with van der Waals surface area (Å²) in [5.41, 5.74) is 0.809. The van der Waals surface area contributed by atoms with E-state index in [9.17, 15) is 4.21 Å². The molecule has 0 aliphatic carbocycles. The topological polar surface area (TPSA) is 61.1 Å². The van der Waals surface area contributed by atoms with Crippen molar-refractivity contribution in [3.05, 3.63) is 35.9 Å². The van der Waals surface area contributed by atoms with E-state index in [1.807, 2.05) is 24.3 Å². The summed E-state index contributed by atoms with van der Waals surface area (Å²) in [6.07, 6.45) is 0.718. The molecule has 0 heterocycles. The SMILES string of the molecule is N#CCCC(c1ccccc1)S(=O)O. The van der Waals surface area contributed by atoms with Gasteiger partial charge in [-0.15, -0.1) is 0 Å². The summed E-state index contributed by atoms with van der Waals surface area (Å²) in [6, 6.07) is 11.1. The molecule has 2 atom stereocenters. The highest BCUT2D eigenvalue weighted by Crippen LogP contribution is 2.23. The zero-order valence-corrected chi connectivity index (χ0v) is 8.41. The fourth-order valence-corrected chi connectivity index (χ4v) is 1.96. The van der Waals surface area contributed by atoms with Crippen molar-refractivity contribution in [3.8, 4) is 6.07 Å². The van der Waals surface area contributed by atoms with E-state index in [1.165, 1.54) is 0 Å². The first kappa shape index (κ1) is 10.9. The summed E-state index contributed by atoms with van der Waals surface area (Å²) in [7, 11) is 0. The molecule has 14 heavy (non-hydrogen) atoms. The highest BCUT2D eigenvalue weighted by molar-refractivity contribution is 7.79. The van der Waals surface area contributed by atoms with Gasteiger partial charge in [0.2, 0.25) is 0 Å². The number of benzene rings is 1. The lowest BCUT2D eigenvalue weighted by Crippen LogP contribution is -2.05. The molecule has 1 N–H and O–H groups in total. The summed E-state index contributed by atoms with van der Waals surface area (Å²) < 4.78 is 20.1. The Bertz CT molecular complexity index is 345. The van der Waals surface area contributed by atoms with Crippen molar-refractivity contribution in [1.29, 1.82) is 5.26 Å². The molecule has 1 aromatic carbocycles. The first-order valence-corrected chi connectivity index (χ1v) is 5.44. The second kappa shape index (κ2) is 5.53. The van der Waals surface area contributed by atoms with E-state index in [0.717, 1.165) is 5.56 Å². The van der Waals surface area contributed by atoms with Gasteiger partial charge in [0.25, 0.3) is 0 Å². The largest absolute Gasteiger partial charge is 0.306 e. The van der Waals surface area contributed by atoms with E-state index < -0.39 is 16.3 Å². The number of nitriles is 1. The van der Waals surface area contributed by atoms with E-state index in [4.69, 9.17) is 9.81 Å². The van der Waals surface area contributed by atoms with E-state index in [-0.39, 0.29) is 0 Å². The molecular formula is C10H11NO2S. The van der Waals surface area contributed by atoms with E-state index in [0.29, 0.717) is 12.8 Å². The number of hydrogen-bond acceptors (Lipinski definition) is 2. The van der Waals surface area contributed by atoms with E-state index in [2.05, 4.69) is 0 Å². The third-order valence-corrected chi connectivity index (χ3v) is 2.93. The molecule has 1 aromatic rings. The van der Waals surface area contributed by atoms with Crippen molar-refractivity contribution in [3.63, 3.8) is 0 Å². The van der Waals surface area contributed by atoms with Crippen LogP contribution in [-0.4, -0.2) is 8.76 Å². The maximum Gasteiger partial charge on any atom is 0.160 e. The molecular weight excluding hydrogens is 198 g/mol. The molecule has 0 aromatic heterocycles. The van der Waals surface area contributed by atoms with Gasteiger partial charge in [0.15, 0.2) is 11.1 Å². The van der Waals surface area contributed by atoms with Crippen molar-refractivity contribution in [2.24, 2.45) is 0 Å². The maximum atomic E-state index is 11.0. The Labute approximate surface area is 85.7 Å². The molecule has 2 unspecified atom stereocenters. The number of hydrogen-bond donors (Lipinski definition) is 1. The van der Waals surface area contributed by atoms with Gasteiger partial charge < -0.3 is 4.55 Å². The Morgan fingerprint density at radius 2 is 2.07 bits per heavy atom. The monoisotopic (exact) mass is 209 g/mol. The van der Waals surface area contributed by atoms with Gasteiger partial charge in [-0.1, -0.05) is 30.3 Å². The van der Waals surface area contributed by atoms with Crippen LogP contribution in [0.4, 0.5) is 0 Å². The summed E-state index contributed by atoms with van der Waals surface area (Å²) in [5.74, 6) is 0. The first-order valence-electron chi connectivity index (χ1n) is 4.27. The fourth-order valence-electron chi connectivity index (χ4n) is 1.25. The Kier molecular flexibility index (Phi) is 4.30. The third-order valence-electron chi connectivity index (χ3n) is 1.93. The fraction of sp³-hybridized carbons (Fsp3) is 0.300. The van der Waals surface area contributed by atoms with Gasteiger partial charge in [-0.3, -0.25) is 0 Å². The van der Waals surface area contributed by atoms with Gasteiger partial charge >= 0.3 is 0 Å². The molecule has 3 nitrogen and oxygen atoms in total. The van der Waals surface area contributed by atoms with Crippen LogP contribution >= 0.6 is 0 Å². The molecule has 0 bridgehead atoms. The predicted molar refractivity (Wildman–Crippen MR) is 54.8 cm³/mol. The molecule has 0 saturated carbocycles. The summed E-state index contributed by atoms with van der Waals surface area (Å²) in [5, 5.41) is 7.96. The predicted octanol–water partition coefficient (Wildman–Crippen LogP) is 2.25. The zero-order chi connectivity index (χ0) is 10.4. The smallest absolute Gasteiger partial charge is 0.160 e. The quantitative estimate of drug-likeness (QED) is 0.773. The van der Waals surface area contributed by atoms with Crippen LogP contribution in [0.25, 0.3) is 0 Å². The molecule has 0 amide bonds. The van der Waals surface area contributed by atoms with Crippen LogP contribution in [0, 0.1) is 11.3 Å². The van der Waals surface area contributed by atoms with Crippen LogP contribution in [0.5, 0.6) is 0 Å². The molecule has 0 saturated heterocycles. The molecule has 0 fully saturated rings. The van der Waals surface area contributed by atoms with Crippen LogP contribution < -0.4 is 0 Å². The van der Waals surface area contributed by atoms with Gasteiger partial charge in [0.1, 0.15) is 0 Å². The van der Waals surface area contributed by atoms with Gasteiger partial charge in [-0.2, -0.15) is 5.26 Å². The standard InChI is InChI=1S/C10H11NO2S/c11-8-4-7-10(14(12)13)9-5-2-1-3-6-9/h1-3,5-6,10H,4,7H2,(H,12,13). The highest BCUT2D eigenvalue weighted by Gasteiger charge is 2.16. The molecule has 0 aliphatic rings. The number of nitrogens with zero attached hydrogens (tertiary/aromatic N) is 1.